The van der Waals surface area contributed by atoms with Crippen molar-refractivity contribution in [3.05, 3.63) is 29.8 Å². The van der Waals surface area contributed by atoms with Crippen molar-refractivity contribution in [1.29, 1.82) is 5.41 Å². The highest BCUT2D eigenvalue weighted by atomic mass is 32.2. The molecule has 0 aliphatic rings. The van der Waals surface area contributed by atoms with E-state index >= 15 is 0 Å². The second-order valence-corrected chi connectivity index (χ2v) is 6.76. The number of amidine groups is 1. The van der Waals surface area contributed by atoms with Gasteiger partial charge in [-0.2, -0.15) is 0 Å². The Balaban J connectivity index is 2.36. The Kier molecular flexibility index (Phi) is 5.82. The van der Waals surface area contributed by atoms with Crippen LogP contribution in [0.25, 0.3) is 0 Å². The van der Waals surface area contributed by atoms with E-state index in [4.69, 9.17) is 15.9 Å². The van der Waals surface area contributed by atoms with Crippen molar-refractivity contribution in [3.63, 3.8) is 0 Å². The molecule has 0 spiro atoms. The van der Waals surface area contributed by atoms with Crippen LogP contribution in [0, 0.1) is 5.41 Å². The minimum Gasteiger partial charge on any atom is -0.494 e. The Morgan fingerprint density at radius 2 is 1.95 bits per heavy atom. The van der Waals surface area contributed by atoms with Gasteiger partial charge in [0.05, 0.1) is 18.2 Å². The molecular weight excluding hydrogens is 264 g/mol. The summed E-state index contributed by atoms with van der Waals surface area (Å²) in [6.07, 6.45) is 0.917. The van der Waals surface area contributed by atoms with Gasteiger partial charge in [-0.25, -0.2) is 8.42 Å². The molecule has 0 saturated carbocycles. The largest absolute Gasteiger partial charge is 0.494 e. The van der Waals surface area contributed by atoms with E-state index in [1.807, 2.05) is 12.1 Å². The van der Waals surface area contributed by atoms with E-state index in [9.17, 15) is 8.42 Å². The molecule has 0 aliphatic carbocycles. The molecule has 0 bridgehead atoms. The van der Waals surface area contributed by atoms with Crippen molar-refractivity contribution in [2.45, 2.75) is 19.8 Å². The second kappa shape index (κ2) is 7.13. The predicted molar refractivity (Wildman–Crippen MR) is 76.5 cm³/mol. The van der Waals surface area contributed by atoms with E-state index in [0.29, 0.717) is 25.2 Å². The quantitative estimate of drug-likeness (QED) is 0.428. The maximum absolute atomic E-state index is 11.3. The minimum atomic E-state index is -2.91. The average molecular weight is 284 g/mol. The van der Waals surface area contributed by atoms with Gasteiger partial charge < -0.3 is 10.5 Å². The summed E-state index contributed by atoms with van der Waals surface area (Å²) >= 11 is 0. The van der Waals surface area contributed by atoms with Crippen LogP contribution in [0.4, 0.5) is 0 Å². The van der Waals surface area contributed by atoms with Crippen LogP contribution >= 0.6 is 0 Å². The highest BCUT2D eigenvalue weighted by Crippen LogP contribution is 2.13. The molecule has 0 heterocycles. The molecular formula is C13H20N2O3S. The topological polar surface area (TPSA) is 93.2 Å². The Labute approximate surface area is 114 Å². The SMILES string of the molecule is CCS(=O)(=O)CCCOc1ccc(CC(=N)N)cc1. The molecule has 0 fully saturated rings. The molecule has 3 N–H and O–H groups in total. The van der Waals surface area contributed by atoms with E-state index in [2.05, 4.69) is 0 Å². The molecule has 1 aromatic carbocycles. The molecule has 19 heavy (non-hydrogen) atoms. The fourth-order valence-electron chi connectivity index (χ4n) is 1.54. The number of hydrogen-bond acceptors (Lipinski definition) is 4. The van der Waals surface area contributed by atoms with Crippen LogP contribution in [0.2, 0.25) is 0 Å². The second-order valence-electron chi connectivity index (χ2n) is 4.28. The van der Waals surface area contributed by atoms with Gasteiger partial charge in [0.1, 0.15) is 15.6 Å². The molecule has 106 valence electrons. The zero-order chi connectivity index (χ0) is 14.3. The number of rotatable bonds is 8. The molecule has 0 unspecified atom stereocenters. The smallest absolute Gasteiger partial charge is 0.150 e. The van der Waals surface area contributed by atoms with Gasteiger partial charge in [-0.3, -0.25) is 5.41 Å². The van der Waals surface area contributed by atoms with E-state index in [-0.39, 0.29) is 17.3 Å². The van der Waals surface area contributed by atoms with Crippen molar-refractivity contribution in [1.82, 2.24) is 0 Å². The predicted octanol–water partition coefficient (Wildman–Crippen LogP) is 1.37. The molecule has 6 heteroatoms. The third kappa shape index (κ3) is 6.24. The lowest BCUT2D eigenvalue weighted by molar-refractivity contribution is 0.317. The molecule has 0 radical (unpaired) electrons. The molecule has 1 aromatic rings. The van der Waals surface area contributed by atoms with Gasteiger partial charge >= 0.3 is 0 Å². The summed E-state index contributed by atoms with van der Waals surface area (Å²) < 4.78 is 28.0. The number of hydrogen-bond donors (Lipinski definition) is 2. The summed E-state index contributed by atoms with van der Waals surface area (Å²) in [4.78, 5) is 0. The first-order valence-corrected chi connectivity index (χ1v) is 8.00. The van der Waals surface area contributed by atoms with E-state index in [1.165, 1.54) is 0 Å². The zero-order valence-corrected chi connectivity index (χ0v) is 11.9. The Hall–Kier alpha value is -1.56. The van der Waals surface area contributed by atoms with Crippen molar-refractivity contribution in [2.75, 3.05) is 18.1 Å². The van der Waals surface area contributed by atoms with Crippen molar-refractivity contribution in [3.8, 4) is 5.75 Å². The first-order valence-electron chi connectivity index (χ1n) is 6.18. The molecule has 0 aliphatic heterocycles. The number of nitrogens with two attached hydrogens (primary N) is 1. The first kappa shape index (κ1) is 15.5. The highest BCUT2D eigenvalue weighted by Gasteiger charge is 2.06. The molecule has 0 aromatic heterocycles. The van der Waals surface area contributed by atoms with Gasteiger partial charge in [-0.1, -0.05) is 19.1 Å². The van der Waals surface area contributed by atoms with Crippen LogP contribution in [-0.2, 0) is 16.3 Å². The van der Waals surface area contributed by atoms with Crippen LogP contribution in [-0.4, -0.2) is 32.4 Å². The lowest BCUT2D eigenvalue weighted by Gasteiger charge is -2.07. The van der Waals surface area contributed by atoms with Crippen molar-refractivity contribution >= 4 is 15.7 Å². The minimum absolute atomic E-state index is 0.124. The van der Waals surface area contributed by atoms with Crippen LogP contribution in [0.1, 0.15) is 18.9 Å². The summed E-state index contributed by atoms with van der Waals surface area (Å²) in [6.45, 7) is 2.02. The lowest BCUT2D eigenvalue weighted by atomic mass is 10.1. The fraction of sp³-hybridized carbons (Fsp3) is 0.462. The standard InChI is InChI=1S/C13H20N2O3S/c1-2-19(16,17)9-3-8-18-12-6-4-11(5-7-12)10-13(14)15/h4-7H,2-3,8-10H2,1H3,(H3,14,15). The van der Waals surface area contributed by atoms with Gasteiger partial charge in [0.15, 0.2) is 0 Å². The van der Waals surface area contributed by atoms with Crippen LogP contribution in [0.15, 0.2) is 24.3 Å². The number of sulfone groups is 1. The van der Waals surface area contributed by atoms with E-state index in [0.717, 1.165) is 5.56 Å². The molecule has 1 rings (SSSR count). The molecule has 0 atom stereocenters. The van der Waals surface area contributed by atoms with E-state index < -0.39 is 9.84 Å². The monoisotopic (exact) mass is 284 g/mol. The third-order valence-electron chi connectivity index (χ3n) is 2.63. The van der Waals surface area contributed by atoms with E-state index in [1.54, 1.807) is 19.1 Å². The summed E-state index contributed by atoms with van der Waals surface area (Å²) in [5.74, 6) is 1.15. The normalized spacial score (nSPS) is 11.2. The third-order valence-corrected chi connectivity index (χ3v) is 4.42. The maximum atomic E-state index is 11.3. The van der Waals surface area contributed by atoms with Gasteiger partial charge in [-0.05, 0) is 24.1 Å². The maximum Gasteiger partial charge on any atom is 0.150 e. The summed E-state index contributed by atoms with van der Waals surface area (Å²) in [7, 11) is -2.91. The zero-order valence-electron chi connectivity index (χ0n) is 11.1. The molecule has 0 amide bonds. The Morgan fingerprint density at radius 1 is 1.32 bits per heavy atom. The van der Waals surface area contributed by atoms with Crippen LogP contribution < -0.4 is 10.5 Å². The lowest BCUT2D eigenvalue weighted by Crippen LogP contribution is -2.12. The van der Waals surface area contributed by atoms with Crippen LogP contribution in [0.3, 0.4) is 0 Å². The number of ether oxygens (including phenoxy) is 1. The highest BCUT2D eigenvalue weighted by molar-refractivity contribution is 7.91. The summed E-state index contributed by atoms with van der Waals surface area (Å²) in [5, 5.41) is 7.19. The Morgan fingerprint density at radius 3 is 2.47 bits per heavy atom. The summed E-state index contributed by atoms with van der Waals surface area (Å²) in [5.41, 5.74) is 6.26. The fourth-order valence-corrected chi connectivity index (χ4v) is 2.38. The van der Waals surface area contributed by atoms with Gasteiger partial charge in [0.2, 0.25) is 0 Å². The van der Waals surface area contributed by atoms with Gasteiger partial charge in [-0.15, -0.1) is 0 Å². The Bertz CT molecular complexity index is 509. The van der Waals surface area contributed by atoms with Gasteiger partial charge in [0.25, 0.3) is 0 Å². The van der Waals surface area contributed by atoms with Crippen molar-refractivity contribution < 1.29 is 13.2 Å². The molecule has 0 saturated heterocycles. The molecule has 5 nitrogen and oxygen atoms in total. The van der Waals surface area contributed by atoms with Crippen molar-refractivity contribution in [2.24, 2.45) is 5.73 Å². The summed E-state index contributed by atoms with van der Waals surface area (Å²) in [6, 6.07) is 7.29. The number of nitrogens with one attached hydrogen (secondary N) is 1. The van der Waals surface area contributed by atoms with Gasteiger partial charge in [0, 0.05) is 12.2 Å². The average Bonchev–Trinajstić information content (AvgIpc) is 2.36. The van der Waals surface area contributed by atoms with Crippen LogP contribution in [0.5, 0.6) is 5.75 Å². The number of benzene rings is 1. The first-order chi connectivity index (χ1) is 8.93.